The van der Waals surface area contributed by atoms with Crippen molar-refractivity contribution >= 4 is 0 Å². The van der Waals surface area contributed by atoms with Gasteiger partial charge in [0.15, 0.2) is 0 Å². The van der Waals surface area contributed by atoms with Crippen molar-refractivity contribution in [1.82, 2.24) is 0 Å². The molecule has 598 valence electrons. The van der Waals surface area contributed by atoms with E-state index in [4.69, 9.17) is 5.11 Å². The van der Waals surface area contributed by atoms with Gasteiger partial charge < -0.3 is 5.11 Å². The van der Waals surface area contributed by atoms with E-state index in [-0.39, 0.29) is 0 Å². The number of hydrogen-bond donors (Lipinski definition) is 1. The predicted molar refractivity (Wildman–Crippen MR) is 486 cm³/mol. The van der Waals surface area contributed by atoms with Crippen LogP contribution in [0.1, 0.15) is 416 Å². The van der Waals surface area contributed by atoms with Crippen LogP contribution in [-0.4, -0.2) is 11.7 Å². The molecule has 0 bridgehead atoms. The van der Waals surface area contributed by atoms with Gasteiger partial charge in [0.1, 0.15) is 0 Å². The standard InChI is InChI=1S/C105H172O/c1-85(2)43-23-44-86(3)45-24-46-87(4)47-25-48-88(5)49-26-50-89(6)51-27-52-90(7)53-28-54-91(8)55-29-56-92(9)57-30-58-93(10)59-31-60-94(11)61-32-62-95(12)63-33-64-96(13)65-34-66-97(14)67-35-68-98(15)69-36-70-99(16)71-37-72-100(17)73-38-74-101(18)75-39-76-102(19)77-40-78-103(20)79-41-80-104(21)81-42-82-105(22)83-84-106/h43,45,47,49,51,53,55,57,59,61,63,65,67,69,71,73,75,77,79,81,105-106H,23-42,44,46,48,50,52,54,56,58,60,62,64,66,68,70,72,74,76,78,80,82-84H2,1-22H3/b86-45+,87-47+,88-49+,89-51+,90-53+,91-55+,92-57+,93-59+,94-61+,95-63+,96-65+,97-67+,98-69+,99-71+,100-73+,101-75+,102-77+,103-79+,104-81+. The van der Waals surface area contributed by atoms with Crippen LogP contribution in [-0.2, 0) is 0 Å². The summed E-state index contributed by atoms with van der Waals surface area (Å²) in [6, 6.07) is 0. The van der Waals surface area contributed by atoms with Crippen molar-refractivity contribution in [2.24, 2.45) is 5.92 Å². The van der Waals surface area contributed by atoms with E-state index < -0.39 is 0 Å². The van der Waals surface area contributed by atoms with E-state index in [1.807, 2.05) is 0 Å². The Kier molecular flexibility index (Phi) is 64.5. The third-order valence-corrected chi connectivity index (χ3v) is 21.4. The van der Waals surface area contributed by atoms with Crippen LogP contribution in [0.15, 0.2) is 233 Å². The maximum atomic E-state index is 9.12. The SMILES string of the molecule is CC(C)=CCC/C(C)=C/CC/C(C)=C/CC/C(C)=C/CC/C(C)=C/CC/C(C)=C/CC/C(C)=C/CC/C(C)=C/CC/C(C)=C/CC/C(C)=C/CC/C(C)=C/CC/C(C)=C/CC/C(C)=C/CC/C(C)=C/CC/C(C)=C/CC/C(C)=C/CC/C(C)=C/CC/C(C)=C/CC/C(C)=C/CC/C(C)=C/CCC(C)CCO. The summed E-state index contributed by atoms with van der Waals surface area (Å²) < 4.78 is 0. The molecule has 0 aliphatic rings. The van der Waals surface area contributed by atoms with E-state index in [1.165, 1.54) is 240 Å². The van der Waals surface area contributed by atoms with Gasteiger partial charge in [-0.05, 0) is 415 Å². The fourth-order valence-electron chi connectivity index (χ4n) is 13.3. The van der Waals surface area contributed by atoms with Crippen LogP contribution in [0.2, 0.25) is 0 Å². The van der Waals surface area contributed by atoms with E-state index in [2.05, 4.69) is 274 Å². The average Bonchev–Trinajstić information content (AvgIpc) is 1.25. The Morgan fingerprint density at radius 2 is 0.264 bits per heavy atom. The first-order valence-corrected chi connectivity index (χ1v) is 43.4. The molecule has 0 aromatic rings. The third kappa shape index (κ3) is 68.1. The Labute approximate surface area is 662 Å². The highest BCUT2D eigenvalue weighted by atomic mass is 16.3. The fraction of sp³-hybridized carbons (Fsp3) is 0.619. The van der Waals surface area contributed by atoms with Gasteiger partial charge in [0.2, 0.25) is 0 Å². The van der Waals surface area contributed by atoms with E-state index in [0.29, 0.717) is 12.5 Å². The zero-order valence-electron chi connectivity index (χ0n) is 74.3. The van der Waals surface area contributed by atoms with Crippen LogP contribution in [0.25, 0.3) is 0 Å². The quantitative estimate of drug-likeness (QED) is 0.0602. The minimum absolute atomic E-state index is 0.308. The summed E-state index contributed by atoms with van der Waals surface area (Å²) in [5.41, 5.74) is 30.4. The van der Waals surface area contributed by atoms with Gasteiger partial charge in [0.05, 0.1) is 0 Å². The van der Waals surface area contributed by atoms with Crippen molar-refractivity contribution < 1.29 is 5.11 Å². The molecule has 0 radical (unpaired) electrons. The first-order valence-electron chi connectivity index (χ1n) is 43.4. The summed E-state index contributed by atoms with van der Waals surface area (Å²) in [7, 11) is 0. The van der Waals surface area contributed by atoms with Crippen LogP contribution in [0.5, 0.6) is 0 Å². The lowest BCUT2D eigenvalue weighted by molar-refractivity contribution is 0.259. The Morgan fingerprint density at radius 1 is 0.160 bits per heavy atom. The predicted octanol–water partition coefficient (Wildman–Crippen LogP) is 35.6. The fourth-order valence-corrected chi connectivity index (χ4v) is 13.3. The summed E-state index contributed by atoms with van der Waals surface area (Å²) in [5.74, 6) is 0.610. The maximum Gasteiger partial charge on any atom is 0.0433 e. The molecular formula is C105H172O. The lowest BCUT2D eigenvalue weighted by Crippen LogP contribution is -1.97. The summed E-state index contributed by atoms with van der Waals surface area (Å²) in [4.78, 5) is 0. The third-order valence-electron chi connectivity index (χ3n) is 21.4. The molecule has 1 unspecified atom stereocenters. The highest BCUT2D eigenvalue weighted by Crippen LogP contribution is 2.24. The van der Waals surface area contributed by atoms with E-state index in [1.54, 1.807) is 0 Å². The van der Waals surface area contributed by atoms with Gasteiger partial charge in [0.25, 0.3) is 0 Å². The molecule has 0 rings (SSSR count). The molecular weight excluding hydrogens is 1280 g/mol. The number of rotatable bonds is 62. The van der Waals surface area contributed by atoms with Crippen LogP contribution in [0, 0.1) is 5.92 Å². The molecule has 0 aliphatic heterocycles. The summed E-state index contributed by atoms with van der Waals surface area (Å²) in [5, 5.41) is 9.12. The van der Waals surface area contributed by atoms with Crippen molar-refractivity contribution in [2.45, 2.75) is 416 Å². The van der Waals surface area contributed by atoms with Gasteiger partial charge in [-0.1, -0.05) is 240 Å². The van der Waals surface area contributed by atoms with Gasteiger partial charge >= 0.3 is 0 Å². The molecule has 0 saturated heterocycles. The molecule has 0 fully saturated rings. The smallest absolute Gasteiger partial charge is 0.0433 e. The Balaban J connectivity index is 4.36. The second-order valence-corrected chi connectivity index (χ2v) is 33.7. The van der Waals surface area contributed by atoms with Crippen molar-refractivity contribution in [2.75, 3.05) is 6.61 Å². The lowest BCUT2D eigenvalue weighted by atomic mass is 10.0. The van der Waals surface area contributed by atoms with Crippen LogP contribution in [0.4, 0.5) is 0 Å². The van der Waals surface area contributed by atoms with E-state index in [0.717, 1.165) is 135 Å². The number of aliphatic hydroxyl groups is 1. The molecule has 0 aliphatic carbocycles. The largest absolute Gasteiger partial charge is 0.396 e. The van der Waals surface area contributed by atoms with Crippen LogP contribution < -0.4 is 0 Å². The first-order chi connectivity index (χ1) is 50.6. The molecule has 0 spiro atoms. The van der Waals surface area contributed by atoms with Gasteiger partial charge in [-0.15, -0.1) is 0 Å². The second-order valence-electron chi connectivity index (χ2n) is 33.7. The number of aliphatic hydroxyl groups excluding tert-OH is 1. The van der Waals surface area contributed by atoms with Crippen molar-refractivity contribution in [3.8, 4) is 0 Å². The zero-order valence-corrected chi connectivity index (χ0v) is 74.3. The van der Waals surface area contributed by atoms with E-state index >= 15 is 0 Å². The monoisotopic (exact) mass is 1450 g/mol. The number of allylic oxidation sites excluding steroid dienone is 40. The second kappa shape index (κ2) is 67.8. The van der Waals surface area contributed by atoms with Gasteiger partial charge in [-0.2, -0.15) is 0 Å². The first kappa shape index (κ1) is 101. The van der Waals surface area contributed by atoms with Gasteiger partial charge in [0, 0.05) is 6.61 Å². The van der Waals surface area contributed by atoms with Gasteiger partial charge in [-0.25, -0.2) is 0 Å². The van der Waals surface area contributed by atoms with Crippen molar-refractivity contribution in [3.63, 3.8) is 0 Å². The highest BCUT2D eigenvalue weighted by molar-refractivity contribution is 5.16. The minimum Gasteiger partial charge on any atom is -0.396 e. The Hall–Kier alpha value is -5.24. The normalized spacial score (nSPS) is 15.5. The molecule has 0 aromatic carbocycles. The van der Waals surface area contributed by atoms with Crippen LogP contribution in [0.3, 0.4) is 0 Å². The zero-order chi connectivity index (χ0) is 79.0. The summed E-state index contributed by atoms with van der Waals surface area (Å²) in [6.07, 6.45) is 96.6. The molecule has 0 aromatic heterocycles. The average molecular weight is 1450 g/mol. The Morgan fingerprint density at radius 3 is 0.368 bits per heavy atom. The molecule has 1 N–H and O–H groups in total. The highest BCUT2D eigenvalue weighted by Gasteiger charge is 2.04. The summed E-state index contributed by atoms with van der Waals surface area (Å²) >= 11 is 0. The molecule has 1 nitrogen and oxygen atoms in total. The van der Waals surface area contributed by atoms with Crippen molar-refractivity contribution in [3.05, 3.63) is 233 Å². The van der Waals surface area contributed by atoms with Crippen LogP contribution >= 0.6 is 0 Å². The topological polar surface area (TPSA) is 20.2 Å². The summed E-state index contributed by atoms with van der Waals surface area (Å²) in [6.45, 7) is 50.9. The molecule has 106 heavy (non-hydrogen) atoms. The van der Waals surface area contributed by atoms with E-state index in [9.17, 15) is 0 Å². The lowest BCUT2D eigenvalue weighted by Gasteiger charge is -2.07. The molecule has 0 saturated carbocycles. The van der Waals surface area contributed by atoms with Gasteiger partial charge in [-0.3, -0.25) is 0 Å². The molecule has 0 heterocycles. The Bertz CT molecular complexity index is 3030. The minimum atomic E-state index is 0.308. The van der Waals surface area contributed by atoms with Crippen molar-refractivity contribution in [1.29, 1.82) is 0 Å². The molecule has 1 atom stereocenters. The molecule has 0 amide bonds. The maximum absolute atomic E-state index is 9.12. The number of hydrogen-bond acceptors (Lipinski definition) is 1. The molecule has 1 heteroatoms.